The number of rotatable bonds is 4. The Morgan fingerprint density at radius 2 is 0.769 bits per heavy atom. The van der Waals surface area contributed by atoms with Gasteiger partial charge in [0.05, 0.1) is 0 Å². The van der Waals surface area contributed by atoms with E-state index in [1.54, 1.807) is 6.07 Å². The van der Waals surface area contributed by atoms with Gasteiger partial charge in [-0.2, -0.15) is 0 Å². The zero-order valence-corrected chi connectivity index (χ0v) is 15.3. The first kappa shape index (κ1) is 16.6. The predicted molar refractivity (Wildman–Crippen MR) is 113 cm³/mol. The van der Waals surface area contributed by atoms with Crippen molar-refractivity contribution >= 4 is 28.5 Å². The van der Waals surface area contributed by atoms with Crippen molar-refractivity contribution in [3.05, 3.63) is 115 Å². The number of phenolic OH excluding ortho intramolecular Hbond substituents is 1. The highest BCUT2D eigenvalue weighted by atomic mass is 31.2. The van der Waals surface area contributed by atoms with Gasteiger partial charge in [0.15, 0.2) is 11.1 Å². The fourth-order valence-corrected chi connectivity index (χ4v) is 7.88. The van der Waals surface area contributed by atoms with Gasteiger partial charge >= 0.3 is 0 Å². The van der Waals surface area contributed by atoms with Crippen molar-refractivity contribution in [3.63, 3.8) is 0 Å². The Balaban J connectivity index is 2.17. The largest absolute Gasteiger partial charge is 0.504 e. The minimum absolute atomic E-state index is 0.345. The van der Waals surface area contributed by atoms with Crippen molar-refractivity contribution in [2.75, 3.05) is 0 Å². The average Bonchev–Trinajstić information content (AvgIpc) is 2.72. The molecule has 0 fully saturated rings. The molecule has 126 valence electrons. The normalized spacial score (nSPS) is 11.2. The molecule has 0 heterocycles. The molecule has 0 aromatic heterocycles. The van der Waals surface area contributed by atoms with Crippen LogP contribution in [0.2, 0.25) is 0 Å². The van der Waals surface area contributed by atoms with Crippen LogP contribution in [0.1, 0.15) is 0 Å². The van der Waals surface area contributed by atoms with E-state index in [4.69, 9.17) is 0 Å². The van der Waals surface area contributed by atoms with Gasteiger partial charge in [-0.05, 0) is 48.5 Å². The second-order valence-electron chi connectivity index (χ2n) is 6.17. The summed E-state index contributed by atoms with van der Waals surface area (Å²) in [6.45, 7) is 0. The third kappa shape index (κ3) is 2.71. The number of hydrogen-bond donors (Lipinski definition) is 1. The van der Waals surface area contributed by atoms with Gasteiger partial charge in [-0.15, -0.1) is 0 Å². The molecule has 4 aromatic carbocycles. The third-order valence-electron chi connectivity index (χ3n) is 4.67. The summed E-state index contributed by atoms with van der Waals surface area (Å²) < 4.78 is 0. The molecule has 26 heavy (non-hydrogen) atoms. The molecule has 0 spiro atoms. The molecule has 4 rings (SSSR count). The lowest BCUT2D eigenvalue weighted by Gasteiger charge is -2.27. The van der Waals surface area contributed by atoms with Crippen molar-refractivity contribution in [1.82, 2.24) is 0 Å². The maximum absolute atomic E-state index is 10.9. The number of para-hydroxylation sites is 1. The van der Waals surface area contributed by atoms with Crippen LogP contribution in [0, 0.1) is 0 Å². The Labute approximate surface area is 154 Å². The first-order chi connectivity index (χ1) is 12.8. The Morgan fingerprint density at radius 3 is 1.15 bits per heavy atom. The Kier molecular flexibility index (Phi) is 4.56. The van der Waals surface area contributed by atoms with Gasteiger partial charge in [-0.1, -0.05) is 66.7 Å². The molecular weight excluding hydrogens is 335 g/mol. The summed E-state index contributed by atoms with van der Waals surface area (Å²) >= 11 is 0. The van der Waals surface area contributed by atoms with Crippen LogP contribution >= 0.6 is 7.26 Å². The van der Waals surface area contributed by atoms with Gasteiger partial charge in [0.2, 0.25) is 0 Å². The summed E-state index contributed by atoms with van der Waals surface area (Å²) in [6.07, 6.45) is 0. The molecule has 0 radical (unpaired) electrons. The highest BCUT2D eigenvalue weighted by Gasteiger charge is 2.49. The van der Waals surface area contributed by atoms with Gasteiger partial charge in [0.1, 0.15) is 23.2 Å². The van der Waals surface area contributed by atoms with Crippen LogP contribution in [-0.4, -0.2) is 5.11 Å². The summed E-state index contributed by atoms with van der Waals surface area (Å²) in [7, 11) is -2.19. The van der Waals surface area contributed by atoms with Crippen molar-refractivity contribution in [3.8, 4) is 5.75 Å². The third-order valence-corrected chi connectivity index (χ3v) is 8.99. The second kappa shape index (κ2) is 7.15. The van der Waals surface area contributed by atoms with Gasteiger partial charge in [-0.3, -0.25) is 0 Å². The summed E-state index contributed by atoms with van der Waals surface area (Å²) in [5.41, 5.74) is 0. The molecule has 0 bridgehead atoms. The monoisotopic (exact) mass is 355 g/mol. The van der Waals surface area contributed by atoms with E-state index in [0.29, 0.717) is 5.75 Å². The van der Waals surface area contributed by atoms with Gasteiger partial charge < -0.3 is 5.11 Å². The van der Waals surface area contributed by atoms with Crippen LogP contribution < -0.4 is 21.2 Å². The van der Waals surface area contributed by atoms with Gasteiger partial charge in [0, 0.05) is 0 Å². The molecule has 0 aliphatic heterocycles. The second-order valence-corrected chi connectivity index (χ2v) is 9.54. The Bertz CT molecular complexity index is 885. The molecule has 0 aliphatic rings. The van der Waals surface area contributed by atoms with Gasteiger partial charge in [-0.25, -0.2) is 0 Å². The Hall–Kier alpha value is -2.89. The molecule has 0 aliphatic carbocycles. The summed E-state index contributed by atoms with van der Waals surface area (Å²) in [6, 6.07) is 39.4. The molecule has 0 saturated carbocycles. The van der Waals surface area contributed by atoms with Crippen LogP contribution in [0.15, 0.2) is 115 Å². The maximum Gasteiger partial charge on any atom is 0.159 e. The van der Waals surface area contributed by atoms with E-state index in [1.807, 2.05) is 30.3 Å². The Morgan fingerprint density at radius 1 is 0.423 bits per heavy atom. The lowest BCUT2D eigenvalue weighted by molar-refractivity contribution is 0.479. The quantitative estimate of drug-likeness (QED) is 0.549. The molecule has 0 atom stereocenters. The fraction of sp³-hybridized carbons (Fsp3) is 0. The molecule has 0 amide bonds. The van der Waals surface area contributed by atoms with E-state index in [9.17, 15) is 5.11 Å². The van der Waals surface area contributed by atoms with Crippen molar-refractivity contribution in [2.45, 2.75) is 0 Å². The zero-order valence-electron chi connectivity index (χ0n) is 14.4. The maximum atomic E-state index is 10.9. The topological polar surface area (TPSA) is 20.2 Å². The van der Waals surface area contributed by atoms with E-state index in [1.165, 1.54) is 15.9 Å². The molecule has 2 heteroatoms. The van der Waals surface area contributed by atoms with Crippen molar-refractivity contribution in [1.29, 1.82) is 0 Å². The number of benzene rings is 4. The van der Waals surface area contributed by atoms with E-state index in [2.05, 4.69) is 78.9 Å². The minimum Gasteiger partial charge on any atom is -0.504 e. The van der Waals surface area contributed by atoms with E-state index in [0.717, 1.165) is 5.30 Å². The highest BCUT2D eigenvalue weighted by Crippen LogP contribution is 2.55. The smallest absolute Gasteiger partial charge is 0.159 e. The van der Waals surface area contributed by atoms with E-state index < -0.39 is 7.26 Å². The first-order valence-electron chi connectivity index (χ1n) is 8.68. The predicted octanol–water partition coefficient (Wildman–Crippen LogP) is 4.01. The highest BCUT2D eigenvalue weighted by molar-refractivity contribution is 8.01. The lowest BCUT2D eigenvalue weighted by atomic mass is 10.3. The van der Waals surface area contributed by atoms with E-state index in [-0.39, 0.29) is 0 Å². The minimum atomic E-state index is -2.19. The van der Waals surface area contributed by atoms with Crippen LogP contribution in [-0.2, 0) is 0 Å². The van der Waals surface area contributed by atoms with Gasteiger partial charge in [0.25, 0.3) is 0 Å². The number of aromatic hydroxyl groups is 1. The van der Waals surface area contributed by atoms with Crippen LogP contribution in [0.25, 0.3) is 0 Å². The molecule has 4 aromatic rings. The molecular formula is C24H20OP+. The molecule has 0 saturated heterocycles. The molecule has 1 nitrogen and oxygen atoms in total. The molecule has 0 unspecified atom stereocenters. The fourth-order valence-electron chi connectivity index (χ4n) is 3.57. The molecule has 1 N–H and O–H groups in total. The van der Waals surface area contributed by atoms with Crippen LogP contribution in [0.3, 0.4) is 0 Å². The average molecular weight is 355 g/mol. The summed E-state index contributed by atoms with van der Waals surface area (Å²) in [5.74, 6) is 0.345. The lowest BCUT2D eigenvalue weighted by Crippen LogP contribution is -2.38. The summed E-state index contributed by atoms with van der Waals surface area (Å²) in [5, 5.41) is 15.6. The standard InChI is InChI=1S/C24H19OP/c25-23-18-10-11-19-24(23)26(20-12-4-1-5-13-20,21-14-6-2-7-15-21)22-16-8-3-9-17-22/h1-19H/p+1. The first-order valence-corrected chi connectivity index (χ1v) is 10.5. The van der Waals surface area contributed by atoms with Crippen molar-refractivity contribution in [2.24, 2.45) is 0 Å². The number of hydrogen-bond acceptors (Lipinski definition) is 1. The zero-order chi connectivity index (χ0) is 17.8. The summed E-state index contributed by atoms with van der Waals surface area (Å²) in [4.78, 5) is 0. The van der Waals surface area contributed by atoms with Crippen LogP contribution in [0.4, 0.5) is 0 Å². The van der Waals surface area contributed by atoms with E-state index >= 15 is 0 Å². The van der Waals surface area contributed by atoms with Crippen molar-refractivity contribution < 1.29 is 5.11 Å². The number of phenols is 1. The van der Waals surface area contributed by atoms with Crippen LogP contribution in [0.5, 0.6) is 5.75 Å². The SMILES string of the molecule is Oc1ccccc1[P+](c1ccccc1)(c1ccccc1)c1ccccc1.